The van der Waals surface area contributed by atoms with Gasteiger partial charge >= 0.3 is 0 Å². The number of hydrogen-bond donors (Lipinski definition) is 2. The molecule has 3 rings (SSSR count). The number of amides is 1. The Kier molecular flexibility index (Phi) is 2.43. The minimum atomic E-state index is -0.113. The molecule has 18 heavy (non-hydrogen) atoms. The van der Waals surface area contributed by atoms with Crippen LogP contribution in [0.3, 0.4) is 0 Å². The molecule has 1 aliphatic carbocycles. The zero-order chi connectivity index (χ0) is 12.7. The fraction of sp³-hybridized carbons (Fsp3) is 0.417. The van der Waals surface area contributed by atoms with Gasteiger partial charge in [-0.25, -0.2) is 9.50 Å². The lowest BCUT2D eigenvalue weighted by atomic mass is 10.4. The van der Waals surface area contributed by atoms with Crippen molar-refractivity contribution in [3.05, 3.63) is 24.2 Å². The first-order valence-corrected chi connectivity index (χ1v) is 6.02. The SMILES string of the molecule is CNc1ccnn2c(C(=O)NC3CC3C)cnc12. The van der Waals surface area contributed by atoms with Gasteiger partial charge in [-0.2, -0.15) is 5.10 Å². The maximum absolute atomic E-state index is 12.1. The van der Waals surface area contributed by atoms with Crippen molar-refractivity contribution in [2.45, 2.75) is 19.4 Å². The average molecular weight is 245 g/mol. The second-order valence-electron chi connectivity index (χ2n) is 4.67. The standard InChI is InChI=1S/C12H15N5O/c1-7-5-9(7)16-12(18)10-6-14-11-8(13-2)3-4-15-17(10)11/h3-4,6-7,9,13H,5H2,1-2H3,(H,16,18). The summed E-state index contributed by atoms with van der Waals surface area (Å²) in [5.74, 6) is 0.464. The van der Waals surface area contributed by atoms with Gasteiger partial charge in [0.1, 0.15) is 0 Å². The molecule has 1 aliphatic rings. The summed E-state index contributed by atoms with van der Waals surface area (Å²) in [7, 11) is 1.82. The van der Waals surface area contributed by atoms with Crippen molar-refractivity contribution in [1.29, 1.82) is 0 Å². The summed E-state index contributed by atoms with van der Waals surface area (Å²) < 4.78 is 1.56. The van der Waals surface area contributed by atoms with Crippen LogP contribution in [-0.2, 0) is 0 Å². The maximum atomic E-state index is 12.1. The molecule has 6 nitrogen and oxygen atoms in total. The first-order valence-electron chi connectivity index (χ1n) is 6.02. The Morgan fingerprint density at radius 2 is 2.33 bits per heavy atom. The monoisotopic (exact) mass is 245 g/mol. The lowest BCUT2D eigenvalue weighted by molar-refractivity contribution is 0.0942. The second-order valence-corrected chi connectivity index (χ2v) is 4.67. The van der Waals surface area contributed by atoms with Crippen molar-refractivity contribution < 1.29 is 4.79 Å². The van der Waals surface area contributed by atoms with E-state index in [1.54, 1.807) is 16.9 Å². The van der Waals surface area contributed by atoms with Gasteiger partial charge < -0.3 is 10.6 Å². The van der Waals surface area contributed by atoms with Gasteiger partial charge in [-0.3, -0.25) is 4.79 Å². The fourth-order valence-electron chi connectivity index (χ4n) is 2.01. The van der Waals surface area contributed by atoms with Gasteiger partial charge in [-0.1, -0.05) is 6.92 Å². The number of imidazole rings is 1. The van der Waals surface area contributed by atoms with E-state index in [4.69, 9.17) is 0 Å². The van der Waals surface area contributed by atoms with Crippen LogP contribution in [0, 0.1) is 5.92 Å². The van der Waals surface area contributed by atoms with Gasteiger partial charge in [0.25, 0.3) is 5.91 Å². The lowest BCUT2D eigenvalue weighted by Gasteiger charge is -2.04. The van der Waals surface area contributed by atoms with Crippen molar-refractivity contribution in [1.82, 2.24) is 19.9 Å². The van der Waals surface area contributed by atoms with E-state index in [0.29, 0.717) is 23.3 Å². The van der Waals surface area contributed by atoms with E-state index in [0.717, 1.165) is 12.1 Å². The van der Waals surface area contributed by atoms with Crippen LogP contribution in [0.2, 0.25) is 0 Å². The molecule has 0 bridgehead atoms. The molecule has 2 aromatic heterocycles. The highest BCUT2D eigenvalue weighted by Crippen LogP contribution is 2.29. The Bertz CT molecular complexity index is 606. The molecule has 94 valence electrons. The summed E-state index contributed by atoms with van der Waals surface area (Å²) in [5.41, 5.74) is 1.99. The van der Waals surface area contributed by atoms with Gasteiger partial charge in [-0.05, 0) is 18.4 Å². The van der Waals surface area contributed by atoms with Crippen LogP contribution in [0.1, 0.15) is 23.8 Å². The van der Waals surface area contributed by atoms with Crippen LogP contribution in [0.5, 0.6) is 0 Å². The third kappa shape index (κ3) is 1.70. The smallest absolute Gasteiger partial charge is 0.271 e. The van der Waals surface area contributed by atoms with Gasteiger partial charge in [0, 0.05) is 13.1 Å². The van der Waals surface area contributed by atoms with Crippen LogP contribution in [0.25, 0.3) is 5.65 Å². The molecule has 2 unspecified atom stereocenters. The minimum absolute atomic E-state index is 0.113. The summed E-state index contributed by atoms with van der Waals surface area (Å²) in [6, 6.07) is 2.13. The van der Waals surface area contributed by atoms with Crippen molar-refractivity contribution in [3.8, 4) is 0 Å². The Labute approximate surface area is 104 Å². The number of fused-ring (bicyclic) bond motifs is 1. The van der Waals surface area contributed by atoms with E-state index in [1.807, 2.05) is 13.1 Å². The maximum Gasteiger partial charge on any atom is 0.271 e. The summed E-state index contributed by atoms with van der Waals surface area (Å²) in [6.45, 7) is 2.12. The predicted octanol–water partition coefficient (Wildman–Crippen LogP) is 0.909. The van der Waals surface area contributed by atoms with Gasteiger partial charge in [0.15, 0.2) is 11.3 Å². The number of carbonyl (C=O) groups is 1. The molecular weight excluding hydrogens is 230 g/mol. The zero-order valence-electron chi connectivity index (χ0n) is 10.3. The molecule has 2 N–H and O–H groups in total. The highest BCUT2D eigenvalue weighted by molar-refractivity contribution is 5.94. The summed E-state index contributed by atoms with van der Waals surface area (Å²) in [5, 5.41) is 10.2. The normalized spacial score (nSPS) is 21.9. The van der Waals surface area contributed by atoms with Crippen molar-refractivity contribution >= 4 is 17.2 Å². The van der Waals surface area contributed by atoms with Crippen LogP contribution >= 0.6 is 0 Å². The molecule has 0 aromatic carbocycles. The second kappa shape index (κ2) is 3.97. The van der Waals surface area contributed by atoms with E-state index in [1.165, 1.54) is 0 Å². The molecule has 6 heteroatoms. The molecule has 0 radical (unpaired) electrons. The summed E-state index contributed by atoms with van der Waals surface area (Å²) in [4.78, 5) is 16.3. The zero-order valence-corrected chi connectivity index (χ0v) is 10.3. The molecule has 1 fully saturated rings. The van der Waals surface area contributed by atoms with E-state index in [9.17, 15) is 4.79 Å². The number of rotatable bonds is 3. The molecule has 1 saturated carbocycles. The first-order chi connectivity index (χ1) is 8.70. The van der Waals surface area contributed by atoms with Crippen LogP contribution in [0.4, 0.5) is 5.69 Å². The number of hydrogen-bond acceptors (Lipinski definition) is 4. The molecule has 0 aliphatic heterocycles. The first kappa shape index (κ1) is 11.0. The van der Waals surface area contributed by atoms with E-state index < -0.39 is 0 Å². The molecular formula is C12H15N5O. The van der Waals surface area contributed by atoms with E-state index in [2.05, 4.69) is 27.6 Å². The average Bonchev–Trinajstić information content (AvgIpc) is 2.91. The summed E-state index contributed by atoms with van der Waals surface area (Å²) >= 11 is 0. The lowest BCUT2D eigenvalue weighted by Crippen LogP contribution is -2.28. The largest absolute Gasteiger partial charge is 0.385 e. The molecule has 2 heterocycles. The van der Waals surface area contributed by atoms with E-state index >= 15 is 0 Å². The van der Waals surface area contributed by atoms with Crippen LogP contribution in [-0.4, -0.2) is 33.6 Å². The predicted molar refractivity (Wildman–Crippen MR) is 67.6 cm³/mol. The number of anilines is 1. The number of nitrogens with zero attached hydrogens (tertiary/aromatic N) is 3. The van der Waals surface area contributed by atoms with Crippen molar-refractivity contribution in [2.24, 2.45) is 5.92 Å². The topological polar surface area (TPSA) is 71.3 Å². The third-order valence-corrected chi connectivity index (χ3v) is 3.33. The Morgan fingerprint density at radius 1 is 1.56 bits per heavy atom. The number of aromatic nitrogens is 3. The molecule has 0 spiro atoms. The molecule has 1 amide bonds. The molecule has 2 atom stereocenters. The van der Waals surface area contributed by atoms with Crippen molar-refractivity contribution in [2.75, 3.05) is 12.4 Å². The quantitative estimate of drug-likeness (QED) is 0.843. The van der Waals surface area contributed by atoms with Crippen LogP contribution < -0.4 is 10.6 Å². The minimum Gasteiger partial charge on any atom is -0.385 e. The van der Waals surface area contributed by atoms with Gasteiger partial charge in [-0.15, -0.1) is 0 Å². The van der Waals surface area contributed by atoms with Gasteiger partial charge in [0.05, 0.1) is 18.1 Å². The number of carbonyl (C=O) groups excluding carboxylic acids is 1. The van der Waals surface area contributed by atoms with Gasteiger partial charge in [0.2, 0.25) is 0 Å². The highest BCUT2D eigenvalue weighted by atomic mass is 16.2. The van der Waals surface area contributed by atoms with Crippen LogP contribution in [0.15, 0.2) is 18.5 Å². The fourth-order valence-corrected chi connectivity index (χ4v) is 2.01. The van der Waals surface area contributed by atoms with E-state index in [-0.39, 0.29) is 5.91 Å². The Hall–Kier alpha value is -2.11. The number of nitrogens with one attached hydrogen (secondary N) is 2. The third-order valence-electron chi connectivity index (χ3n) is 3.33. The summed E-state index contributed by atoms with van der Waals surface area (Å²) in [6.07, 6.45) is 4.26. The Morgan fingerprint density at radius 3 is 3.00 bits per heavy atom. The van der Waals surface area contributed by atoms with Crippen molar-refractivity contribution in [3.63, 3.8) is 0 Å². The molecule has 2 aromatic rings. The molecule has 0 saturated heterocycles. The Balaban J connectivity index is 1.94. The highest BCUT2D eigenvalue weighted by Gasteiger charge is 2.34.